The van der Waals surface area contributed by atoms with Crippen molar-refractivity contribution in [2.24, 2.45) is 0 Å². The first-order chi connectivity index (χ1) is 12.7. The minimum Gasteiger partial charge on any atom is -0.371 e. The van der Waals surface area contributed by atoms with Crippen LogP contribution in [-0.2, 0) is 16.1 Å². The Kier molecular flexibility index (Phi) is 4.78. The molecule has 0 bridgehead atoms. The van der Waals surface area contributed by atoms with E-state index in [1.54, 1.807) is 10.9 Å². The van der Waals surface area contributed by atoms with Crippen molar-refractivity contribution < 1.29 is 14.3 Å². The molecule has 2 amide bonds. The van der Waals surface area contributed by atoms with E-state index in [0.717, 1.165) is 12.8 Å². The normalized spacial score (nSPS) is 19.7. The Morgan fingerprint density at radius 3 is 2.62 bits per heavy atom. The number of hydrogen-bond acceptors (Lipinski definition) is 5. The Labute approximate surface area is 156 Å². The maximum absolute atomic E-state index is 12.6. The average molecular weight is 374 g/mol. The third-order valence-corrected chi connectivity index (χ3v) is 5.78. The standard InChI is InChI=1S/C18H22N4O3S/c23-16(11-20-5-1-2-6-20)22-9-10-25-18(13-22)3-7-21(8-4-18)17(24)15-12-26-14-19-15/h1-2,5-6,12,14H,3-4,7-11,13H2. The molecule has 0 unspecified atom stereocenters. The topological polar surface area (TPSA) is 67.7 Å². The van der Waals surface area contributed by atoms with Gasteiger partial charge in [0.1, 0.15) is 12.2 Å². The van der Waals surface area contributed by atoms with Crippen LogP contribution in [0.25, 0.3) is 0 Å². The van der Waals surface area contributed by atoms with Crippen LogP contribution in [0.4, 0.5) is 0 Å². The molecule has 26 heavy (non-hydrogen) atoms. The molecule has 0 atom stereocenters. The molecule has 2 fully saturated rings. The van der Waals surface area contributed by atoms with Crippen LogP contribution in [0.5, 0.6) is 0 Å². The van der Waals surface area contributed by atoms with Gasteiger partial charge in [-0.05, 0) is 25.0 Å². The average Bonchev–Trinajstić information content (AvgIpc) is 3.36. The van der Waals surface area contributed by atoms with Crippen molar-refractivity contribution in [3.63, 3.8) is 0 Å². The van der Waals surface area contributed by atoms with Crippen molar-refractivity contribution in [3.8, 4) is 0 Å². The van der Waals surface area contributed by atoms with Gasteiger partial charge < -0.3 is 19.1 Å². The Balaban J connectivity index is 1.35. The number of thiazole rings is 1. The number of morpholine rings is 1. The van der Waals surface area contributed by atoms with E-state index in [1.165, 1.54) is 11.3 Å². The highest BCUT2D eigenvalue weighted by molar-refractivity contribution is 7.07. The molecule has 2 aromatic rings. The summed E-state index contributed by atoms with van der Waals surface area (Å²) in [6.07, 6.45) is 5.29. The van der Waals surface area contributed by atoms with E-state index >= 15 is 0 Å². The maximum atomic E-state index is 12.6. The fourth-order valence-corrected chi connectivity index (χ4v) is 4.22. The monoisotopic (exact) mass is 374 g/mol. The number of amides is 2. The van der Waals surface area contributed by atoms with Gasteiger partial charge in [0, 0.05) is 44.0 Å². The zero-order chi connectivity index (χ0) is 18.0. The molecule has 4 rings (SSSR count). The molecule has 138 valence electrons. The van der Waals surface area contributed by atoms with Crippen molar-refractivity contribution in [1.29, 1.82) is 0 Å². The number of hydrogen-bond donors (Lipinski definition) is 0. The molecule has 2 aliphatic heterocycles. The van der Waals surface area contributed by atoms with Crippen LogP contribution >= 0.6 is 11.3 Å². The molecular formula is C18H22N4O3S. The van der Waals surface area contributed by atoms with E-state index in [2.05, 4.69) is 4.98 Å². The van der Waals surface area contributed by atoms with Crippen LogP contribution in [0.2, 0.25) is 0 Å². The van der Waals surface area contributed by atoms with E-state index in [4.69, 9.17) is 4.74 Å². The van der Waals surface area contributed by atoms with Gasteiger partial charge in [0.2, 0.25) is 5.91 Å². The summed E-state index contributed by atoms with van der Waals surface area (Å²) in [6.45, 7) is 3.41. The zero-order valence-electron chi connectivity index (χ0n) is 14.5. The van der Waals surface area contributed by atoms with Gasteiger partial charge in [0.25, 0.3) is 5.91 Å². The SMILES string of the molecule is O=C(Cn1cccc1)N1CCOC2(CCN(C(=O)c3cscn3)CC2)C1. The number of nitrogens with zero attached hydrogens (tertiary/aromatic N) is 4. The number of rotatable bonds is 3. The molecule has 7 nitrogen and oxygen atoms in total. The summed E-state index contributed by atoms with van der Waals surface area (Å²) in [6, 6.07) is 3.84. The summed E-state index contributed by atoms with van der Waals surface area (Å²) in [5, 5.41) is 1.78. The van der Waals surface area contributed by atoms with Gasteiger partial charge in [-0.15, -0.1) is 11.3 Å². The first kappa shape index (κ1) is 17.2. The van der Waals surface area contributed by atoms with Gasteiger partial charge in [-0.2, -0.15) is 0 Å². The second-order valence-corrected chi connectivity index (χ2v) is 7.59. The van der Waals surface area contributed by atoms with Crippen LogP contribution in [0.1, 0.15) is 23.3 Å². The van der Waals surface area contributed by atoms with Crippen molar-refractivity contribution in [2.45, 2.75) is 25.0 Å². The summed E-state index contributed by atoms with van der Waals surface area (Å²) < 4.78 is 7.98. The van der Waals surface area contributed by atoms with Gasteiger partial charge in [0.05, 0.1) is 17.7 Å². The van der Waals surface area contributed by atoms with Gasteiger partial charge in [-0.3, -0.25) is 9.59 Å². The molecular weight excluding hydrogens is 352 g/mol. The second-order valence-electron chi connectivity index (χ2n) is 6.87. The molecule has 2 aromatic heterocycles. The van der Waals surface area contributed by atoms with E-state index in [0.29, 0.717) is 45.0 Å². The second kappa shape index (κ2) is 7.20. The molecule has 0 saturated carbocycles. The summed E-state index contributed by atoms with van der Waals surface area (Å²) >= 11 is 1.43. The van der Waals surface area contributed by atoms with Crippen LogP contribution < -0.4 is 0 Å². The highest BCUT2D eigenvalue weighted by Gasteiger charge is 2.42. The number of piperidine rings is 1. The summed E-state index contributed by atoms with van der Waals surface area (Å²) in [5.41, 5.74) is 1.86. The predicted molar refractivity (Wildman–Crippen MR) is 96.9 cm³/mol. The maximum Gasteiger partial charge on any atom is 0.273 e. The van der Waals surface area contributed by atoms with E-state index in [-0.39, 0.29) is 17.4 Å². The molecule has 0 N–H and O–H groups in total. The van der Waals surface area contributed by atoms with Crippen molar-refractivity contribution in [2.75, 3.05) is 32.8 Å². The van der Waals surface area contributed by atoms with Gasteiger partial charge in [-0.1, -0.05) is 0 Å². The third-order valence-electron chi connectivity index (χ3n) is 5.20. The zero-order valence-corrected chi connectivity index (χ0v) is 15.4. The Morgan fingerprint density at radius 2 is 1.92 bits per heavy atom. The predicted octanol–water partition coefficient (Wildman–Crippen LogP) is 1.48. The molecule has 0 aromatic carbocycles. The van der Waals surface area contributed by atoms with E-state index in [9.17, 15) is 9.59 Å². The molecule has 2 saturated heterocycles. The van der Waals surface area contributed by atoms with Crippen LogP contribution in [-0.4, -0.2) is 69.6 Å². The number of ether oxygens (including phenoxy) is 1. The Hall–Kier alpha value is -2.19. The highest BCUT2D eigenvalue weighted by atomic mass is 32.1. The molecule has 0 aliphatic carbocycles. The van der Waals surface area contributed by atoms with Gasteiger partial charge >= 0.3 is 0 Å². The highest BCUT2D eigenvalue weighted by Crippen LogP contribution is 2.31. The van der Waals surface area contributed by atoms with E-state index in [1.807, 2.05) is 38.9 Å². The lowest BCUT2D eigenvalue weighted by Gasteiger charge is -2.47. The van der Waals surface area contributed by atoms with Crippen molar-refractivity contribution >= 4 is 23.2 Å². The minimum atomic E-state index is -0.330. The number of carbonyl (C=O) groups excluding carboxylic acids is 2. The summed E-state index contributed by atoms with van der Waals surface area (Å²) in [5.74, 6) is 0.0994. The first-order valence-electron chi connectivity index (χ1n) is 8.85. The Morgan fingerprint density at radius 1 is 1.15 bits per heavy atom. The first-order valence-corrected chi connectivity index (χ1v) is 9.79. The minimum absolute atomic E-state index is 0.0163. The molecule has 8 heteroatoms. The van der Waals surface area contributed by atoms with Gasteiger partial charge in [-0.25, -0.2) is 4.98 Å². The quantitative estimate of drug-likeness (QED) is 0.816. The lowest BCUT2D eigenvalue weighted by molar-refractivity contribution is -0.158. The largest absolute Gasteiger partial charge is 0.371 e. The van der Waals surface area contributed by atoms with E-state index < -0.39 is 0 Å². The lowest BCUT2D eigenvalue weighted by Crippen LogP contribution is -2.59. The summed E-state index contributed by atoms with van der Waals surface area (Å²) in [4.78, 5) is 32.9. The molecule has 1 spiro atoms. The van der Waals surface area contributed by atoms with Gasteiger partial charge in [0.15, 0.2) is 0 Å². The number of carbonyl (C=O) groups is 2. The fourth-order valence-electron chi connectivity index (χ4n) is 3.69. The smallest absolute Gasteiger partial charge is 0.273 e. The van der Waals surface area contributed by atoms with Crippen LogP contribution in [0.3, 0.4) is 0 Å². The fraction of sp³-hybridized carbons (Fsp3) is 0.500. The number of likely N-dealkylation sites (tertiary alicyclic amines) is 1. The van der Waals surface area contributed by atoms with Crippen molar-refractivity contribution in [1.82, 2.24) is 19.4 Å². The molecule has 2 aliphatic rings. The number of aromatic nitrogens is 2. The van der Waals surface area contributed by atoms with Crippen LogP contribution in [0, 0.1) is 0 Å². The van der Waals surface area contributed by atoms with Crippen molar-refractivity contribution in [3.05, 3.63) is 41.1 Å². The summed E-state index contributed by atoms with van der Waals surface area (Å²) in [7, 11) is 0. The molecule has 4 heterocycles. The molecule has 0 radical (unpaired) electrons. The Bertz CT molecular complexity index is 752. The third kappa shape index (κ3) is 3.52. The lowest BCUT2D eigenvalue weighted by atomic mass is 9.89. The van der Waals surface area contributed by atoms with Crippen LogP contribution in [0.15, 0.2) is 35.4 Å².